The minimum Gasteiger partial charge on any atom is -0.747 e. The molecule has 0 saturated carbocycles. The Labute approximate surface area is 193 Å². The molecule has 26 heavy (non-hydrogen) atoms. The van der Waals surface area contributed by atoms with Gasteiger partial charge in [0.25, 0.3) is 0 Å². The fraction of sp³-hybridized carbons (Fsp3) is 0.143. The van der Waals surface area contributed by atoms with E-state index in [0.29, 0.717) is 0 Å². The van der Waals surface area contributed by atoms with Gasteiger partial charge in [0.2, 0.25) is 0 Å². The summed E-state index contributed by atoms with van der Waals surface area (Å²) in [4.78, 5) is 24.2. The van der Waals surface area contributed by atoms with Crippen LogP contribution >= 0.6 is 0 Å². The first-order valence-electron chi connectivity index (χ1n) is 6.55. The Hall–Kier alpha value is -0.140. The molecule has 0 saturated heterocycles. The van der Waals surface area contributed by atoms with Crippen molar-refractivity contribution in [3.63, 3.8) is 0 Å². The molecule has 1 atom stereocenters. The van der Waals surface area contributed by atoms with Gasteiger partial charge in [0.15, 0.2) is 11.6 Å². The molecule has 1 aromatic carbocycles. The van der Waals surface area contributed by atoms with Gasteiger partial charge in [0.1, 0.15) is 20.2 Å². The molecule has 2 aliphatic rings. The summed E-state index contributed by atoms with van der Waals surface area (Å²) in [7, 11) is -9.54. The Balaban J connectivity index is 0.00000169. The van der Waals surface area contributed by atoms with Crippen LogP contribution in [0.15, 0.2) is 46.4 Å². The number of carbonyl (C=O) groups is 2. The zero-order valence-corrected chi connectivity index (χ0v) is 19.4. The summed E-state index contributed by atoms with van der Waals surface area (Å²) in [5.41, 5.74) is -0.600. The van der Waals surface area contributed by atoms with Crippen molar-refractivity contribution in [1.29, 1.82) is 0 Å². The molecule has 126 valence electrons. The maximum atomic E-state index is 12.5. The van der Waals surface area contributed by atoms with Crippen LogP contribution in [-0.4, -0.2) is 42.8 Å². The molecule has 0 aromatic heterocycles. The van der Waals surface area contributed by atoms with E-state index in [2.05, 4.69) is 0 Å². The molecule has 0 amide bonds. The van der Waals surface area contributed by atoms with Crippen LogP contribution in [0.5, 0.6) is 0 Å². The van der Waals surface area contributed by atoms with Crippen LogP contribution in [0, 0.1) is 0 Å². The molecular weight excluding hydrogens is 406 g/mol. The summed E-state index contributed by atoms with van der Waals surface area (Å²) < 4.78 is 66.6. The Kier molecular flexibility index (Phi) is 7.42. The zero-order valence-electron chi connectivity index (χ0n) is 13.8. The maximum Gasteiger partial charge on any atom is 1.00 e. The molecule has 0 spiro atoms. The average Bonchev–Trinajstić information content (AvgIpc) is 2.49. The third kappa shape index (κ3) is 4.30. The first-order valence-corrected chi connectivity index (χ1v) is 9.43. The molecule has 12 heteroatoms. The minimum atomic E-state index is -4.83. The zero-order chi connectivity index (χ0) is 17.9. The van der Waals surface area contributed by atoms with Crippen molar-refractivity contribution in [3.05, 3.63) is 52.6 Å². The second-order valence-electron chi connectivity index (χ2n) is 5.31. The third-order valence-corrected chi connectivity index (χ3v) is 5.76. The van der Waals surface area contributed by atoms with Crippen molar-refractivity contribution in [2.75, 3.05) is 0 Å². The molecule has 1 aromatic rings. The summed E-state index contributed by atoms with van der Waals surface area (Å²) >= 11 is 0. The van der Waals surface area contributed by atoms with E-state index in [0.717, 1.165) is 30.4 Å². The number of Topliss-reactive ketones (excluding diaryl/α,β-unsaturated/α-hetero) is 2. The smallest absolute Gasteiger partial charge is 0.747 e. The van der Waals surface area contributed by atoms with Gasteiger partial charge in [-0.25, -0.2) is 16.8 Å². The number of allylic oxidation sites excluding steroid dienone is 3. The van der Waals surface area contributed by atoms with Gasteiger partial charge in [-0.15, -0.1) is 0 Å². The topological polar surface area (TPSA) is 149 Å². The molecule has 8 nitrogen and oxygen atoms in total. The van der Waals surface area contributed by atoms with Crippen LogP contribution in [0.2, 0.25) is 0 Å². The largest absolute Gasteiger partial charge is 1.00 e. The van der Waals surface area contributed by atoms with Gasteiger partial charge in [-0.05, 0) is 24.6 Å². The molecule has 1 unspecified atom stereocenters. The molecule has 0 heterocycles. The van der Waals surface area contributed by atoms with Crippen molar-refractivity contribution >= 4 is 31.8 Å². The molecule has 2 aliphatic carbocycles. The van der Waals surface area contributed by atoms with E-state index in [1.807, 2.05) is 0 Å². The molecular formula is C14H8Na2O8S2. The minimum absolute atomic E-state index is 0. The van der Waals surface area contributed by atoms with Crippen molar-refractivity contribution < 1.29 is 94.6 Å². The Morgan fingerprint density at radius 3 is 2.08 bits per heavy atom. The van der Waals surface area contributed by atoms with Crippen LogP contribution in [-0.2, 0) is 20.2 Å². The number of hydrogen-bond donors (Lipinski definition) is 0. The molecule has 3 rings (SSSR count). The molecule has 0 fully saturated rings. The van der Waals surface area contributed by atoms with Gasteiger partial charge >= 0.3 is 59.1 Å². The van der Waals surface area contributed by atoms with Gasteiger partial charge in [-0.2, -0.15) is 0 Å². The van der Waals surface area contributed by atoms with Crippen LogP contribution in [0.3, 0.4) is 0 Å². The number of hydrogen-bond acceptors (Lipinski definition) is 8. The van der Waals surface area contributed by atoms with Gasteiger partial charge < -0.3 is 9.11 Å². The predicted molar refractivity (Wildman–Crippen MR) is 77.3 cm³/mol. The standard InChI is InChI=1S/C14H10O8S2.2Na/c15-13-9-3-1-7(23(17,18)19)5-11(9)14(16)12-6-8(24(20,21)22)2-4-10(12)13;;/h1-5,8H,6H2,(H,17,18,19)(H,20,21,22);;/q;2*+1/p-2. The average molecular weight is 414 g/mol. The van der Waals surface area contributed by atoms with Gasteiger partial charge in [-0.1, -0.05) is 12.2 Å². The van der Waals surface area contributed by atoms with E-state index >= 15 is 0 Å². The van der Waals surface area contributed by atoms with Crippen LogP contribution in [0.25, 0.3) is 0 Å². The van der Waals surface area contributed by atoms with E-state index in [1.54, 1.807) is 0 Å². The summed E-state index contributed by atoms with van der Waals surface area (Å²) in [6, 6.07) is 2.78. The SMILES string of the molecule is O=C1C2=C(CC(S(=O)(=O)[O-])C=C2)C(=O)c2cc(S(=O)(=O)[O-])ccc21.[Na+].[Na+]. The number of fused-ring (bicyclic) bond motifs is 1. The van der Waals surface area contributed by atoms with Crippen LogP contribution in [0.1, 0.15) is 27.1 Å². The van der Waals surface area contributed by atoms with E-state index < -0.39 is 48.4 Å². The first kappa shape index (κ1) is 23.9. The van der Waals surface area contributed by atoms with Crippen LogP contribution in [0.4, 0.5) is 0 Å². The van der Waals surface area contributed by atoms with Gasteiger partial charge in [0.05, 0.1) is 10.1 Å². The number of rotatable bonds is 2. The summed E-state index contributed by atoms with van der Waals surface area (Å²) in [6.07, 6.45) is 1.68. The number of carbonyl (C=O) groups excluding carboxylic acids is 2. The Morgan fingerprint density at radius 1 is 0.923 bits per heavy atom. The van der Waals surface area contributed by atoms with Crippen molar-refractivity contribution in [2.24, 2.45) is 0 Å². The normalized spacial score (nSPS) is 19.2. The van der Waals surface area contributed by atoms with Gasteiger partial charge in [0, 0.05) is 22.3 Å². The van der Waals surface area contributed by atoms with E-state index in [9.17, 15) is 35.5 Å². The third-order valence-electron chi connectivity index (χ3n) is 3.87. The number of ketones is 2. The molecule has 0 radical (unpaired) electrons. The van der Waals surface area contributed by atoms with E-state index in [4.69, 9.17) is 0 Å². The molecule has 0 aliphatic heterocycles. The number of benzene rings is 1. The second kappa shape index (κ2) is 8.08. The quantitative estimate of drug-likeness (QED) is 0.343. The monoisotopic (exact) mass is 414 g/mol. The predicted octanol–water partition coefficient (Wildman–Crippen LogP) is -5.85. The van der Waals surface area contributed by atoms with E-state index in [-0.39, 0.29) is 81.4 Å². The Bertz CT molecular complexity index is 1070. The van der Waals surface area contributed by atoms with Crippen molar-refractivity contribution in [3.8, 4) is 0 Å². The first-order chi connectivity index (χ1) is 11.0. The molecule has 0 N–H and O–H groups in total. The maximum absolute atomic E-state index is 12.5. The summed E-state index contributed by atoms with van der Waals surface area (Å²) in [6.45, 7) is 0. The van der Waals surface area contributed by atoms with Crippen molar-refractivity contribution in [1.82, 2.24) is 0 Å². The fourth-order valence-electron chi connectivity index (χ4n) is 2.68. The Morgan fingerprint density at radius 2 is 1.54 bits per heavy atom. The second-order valence-corrected chi connectivity index (χ2v) is 8.28. The summed E-state index contributed by atoms with van der Waals surface area (Å²) in [5.74, 6) is -1.38. The van der Waals surface area contributed by atoms with Crippen LogP contribution < -0.4 is 59.1 Å². The summed E-state index contributed by atoms with van der Waals surface area (Å²) in [5, 5.41) is -1.49. The van der Waals surface area contributed by atoms with Gasteiger partial charge in [-0.3, -0.25) is 9.59 Å². The molecule has 0 bridgehead atoms. The van der Waals surface area contributed by atoms with E-state index in [1.165, 1.54) is 0 Å². The fourth-order valence-corrected chi connectivity index (χ4v) is 3.82. The van der Waals surface area contributed by atoms with Crippen molar-refractivity contribution in [2.45, 2.75) is 16.6 Å².